The molecule has 1 aliphatic carbocycles. The third-order valence-electron chi connectivity index (χ3n) is 2.02. The normalized spacial score (nSPS) is 23.6. The zero-order valence-corrected chi connectivity index (χ0v) is 7.51. The van der Waals surface area contributed by atoms with Crippen LogP contribution in [0.4, 0.5) is 0 Å². The van der Waals surface area contributed by atoms with Crippen LogP contribution < -0.4 is 5.73 Å². The van der Waals surface area contributed by atoms with Crippen molar-refractivity contribution in [2.75, 3.05) is 13.2 Å². The molecule has 0 saturated carbocycles. The molecular weight excluding hydrogens is 150 g/mol. The first-order chi connectivity index (χ1) is 5.93. The third kappa shape index (κ3) is 3.75. The maximum atomic E-state index is 5.57. The lowest BCUT2D eigenvalue weighted by atomic mass is 10.0. The smallest absolute Gasteiger partial charge is 0.0592 e. The van der Waals surface area contributed by atoms with E-state index < -0.39 is 0 Å². The van der Waals surface area contributed by atoms with E-state index in [1.54, 1.807) is 0 Å². The Morgan fingerprint density at radius 3 is 2.92 bits per heavy atom. The Bertz CT molecular complexity index is 168. The number of ether oxygens (including phenoxy) is 1. The molecule has 2 nitrogen and oxygen atoms in total. The van der Waals surface area contributed by atoms with Gasteiger partial charge in [-0.3, -0.25) is 0 Å². The fourth-order valence-electron chi connectivity index (χ4n) is 1.37. The largest absolute Gasteiger partial charge is 0.377 e. The first-order valence-electron chi connectivity index (χ1n) is 4.71. The van der Waals surface area contributed by atoms with Crippen molar-refractivity contribution in [3.05, 3.63) is 0 Å². The van der Waals surface area contributed by atoms with E-state index in [0.29, 0.717) is 19.3 Å². The molecule has 1 aliphatic rings. The molecule has 12 heavy (non-hydrogen) atoms. The van der Waals surface area contributed by atoms with Gasteiger partial charge in [-0.25, -0.2) is 0 Å². The van der Waals surface area contributed by atoms with Gasteiger partial charge in [-0.05, 0) is 19.3 Å². The highest BCUT2D eigenvalue weighted by Gasteiger charge is 2.08. The van der Waals surface area contributed by atoms with Gasteiger partial charge in [0.2, 0.25) is 0 Å². The number of hydrogen-bond acceptors (Lipinski definition) is 2. The van der Waals surface area contributed by atoms with Crippen molar-refractivity contribution in [1.82, 2.24) is 0 Å². The fraction of sp³-hybridized carbons (Fsp3) is 0.800. The van der Waals surface area contributed by atoms with Crippen LogP contribution in [-0.4, -0.2) is 19.3 Å². The highest BCUT2D eigenvalue weighted by molar-refractivity contribution is 5.00. The SMILES string of the molecule is NCCOC1CCC#CCCC1. The van der Waals surface area contributed by atoms with Gasteiger partial charge in [0.05, 0.1) is 12.7 Å². The molecule has 0 heterocycles. The molecule has 0 fully saturated rings. The van der Waals surface area contributed by atoms with Crippen LogP contribution in [0.25, 0.3) is 0 Å². The van der Waals surface area contributed by atoms with Crippen LogP contribution in [0.5, 0.6) is 0 Å². The molecule has 1 unspecified atom stereocenters. The lowest BCUT2D eigenvalue weighted by Crippen LogP contribution is -2.18. The van der Waals surface area contributed by atoms with Gasteiger partial charge in [0.1, 0.15) is 0 Å². The molecule has 1 atom stereocenters. The van der Waals surface area contributed by atoms with Crippen LogP contribution >= 0.6 is 0 Å². The van der Waals surface area contributed by atoms with Gasteiger partial charge in [0, 0.05) is 19.4 Å². The van der Waals surface area contributed by atoms with Crippen molar-refractivity contribution in [3.8, 4) is 11.8 Å². The van der Waals surface area contributed by atoms with Crippen molar-refractivity contribution in [2.45, 2.75) is 38.2 Å². The van der Waals surface area contributed by atoms with Gasteiger partial charge < -0.3 is 10.5 Å². The van der Waals surface area contributed by atoms with Gasteiger partial charge in [-0.1, -0.05) is 0 Å². The summed E-state index contributed by atoms with van der Waals surface area (Å²) in [6, 6.07) is 0. The second kappa shape index (κ2) is 6.05. The number of nitrogens with two attached hydrogens (primary N) is 1. The first-order valence-corrected chi connectivity index (χ1v) is 4.71. The van der Waals surface area contributed by atoms with E-state index in [-0.39, 0.29) is 0 Å². The molecule has 0 aliphatic heterocycles. The molecule has 0 bridgehead atoms. The molecule has 0 spiro atoms. The van der Waals surface area contributed by atoms with Crippen LogP contribution in [-0.2, 0) is 4.74 Å². The van der Waals surface area contributed by atoms with Crippen molar-refractivity contribution in [3.63, 3.8) is 0 Å². The van der Waals surface area contributed by atoms with Crippen LogP contribution in [0, 0.1) is 11.8 Å². The zero-order chi connectivity index (χ0) is 8.65. The van der Waals surface area contributed by atoms with Gasteiger partial charge in [-0.15, -0.1) is 11.8 Å². The monoisotopic (exact) mass is 167 g/mol. The summed E-state index contributed by atoms with van der Waals surface area (Å²) in [7, 11) is 0. The van der Waals surface area contributed by atoms with Gasteiger partial charge in [0.25, 0.3) is 0 Å². The zero-order valence-electron chi connectivity index (χ0n) is 7.51. The topological polar surface area (TPSA) is 35.2 Å². The molecule has 2 heteroatoms. The quantitative estimate of drug-likeness (QED) is 0.643. The molecule has 0 aromatic carbocycles. The van der Waals surface area contributed by atoms with Crippen molar-refractivity contribution in [2.24, 2.45) is 5.73 Å². The number of rotatable bonds is 3. The summed E-state index contributed by atoms with van der Waals surface area (Å²) in [5.41, 5.74) is 5.36. The van der Waals surface area contributed by atoms with Crippen LogP contribution in [0.2, 0.25) is 0 Å². The number of hydrogen-bond donors (Lipinski definition) is 1. The van der Waals surface area contributed by atoms with Gasteiger partial charge in [-0.2, -0.15) is 0 Å². The van der Waals surface area contributed by atoms with E-state index in [1.165, 1.54) is 6.42 Å². The maximum Gasteiger partial charge on any atom is 0.0592 e. The van der Waals surface area contributed by atoms with E-state index in [1.807, 2.05) is 0 Å². The molecule has 0 aromatic rings. The molecule has 68 valence electrons. The molecular formula is C10H17NO. The Morgan fingerprint density at radius 2 is 2.08 bits per heavy atom. The van der Waals surface area contributed by atoms with Crippen molar-refractivity contribution in [1.29, 1.82) is 0 Å². The van der Waals surface area contributed by atoms with E-state index in [4.69, 9.17) is 10.5 Å². The Labute approximate surface area is 74.5 Å². The Morgan fingerprint density at radius 1 is 1.25 bits per heavy atom. The minimum absolute atomic E-state index is 0.406. The molecule has 0 radical (unpaired) electrons. The van der Waals surface area contributed by atoms with Gasteiger partial charge >= 0.3 is 0 Å². The molecule has 0 aromatic heterocycles. The van der Waals surface area contributed by atoms with Crippen molar-refractivity contribution < 1.29 is 4.74 Å². The molecule has 2 N–H and O–H groups in total. The summed E-state index contributed by atoms with van der Waals surface area (Å²) >= 11 is 0. The molecule has 1 rings (SSSR count). The minimum Gasteiger partial charge on any atom is -0.377 e. The van der Waals surface area contributed by atoms with E-state index in [2.05, 4.69) is 11.8 Å². The molecule has 0 amide bonds. The average molecular weight is 167 g/mol. The van der Waals surface area contributed by atoms with Gasteiger partial charge in [0.15, 0.2) is 0 Å². The van der Waals surface area contributed by atoms with Crippen LogP contribution in [0.3, 0.4) is 0 Å². The fourth-order valence-corrected chi connectivity index (χ4v) is 1.37. The highest BCUT2D eigenvalue weighted by Crippen LogP contribution is 2.12. The summed E-state index contributed by atoms with van der Waals surface area (Å²) in [6.07, 6.45) is 5.81. The lowest BCUT2D eigenvalue weighted by Gasteiger charge is -2.16. The van der Waals surface area contributed by atoms with E-state index >= 15 is 0 Å². The summed E-state index contributed by atoms with van der Waals surface area (Å²) in [4.78, 5) is 0. The predicted octanol–water partition coefficient (Wildman–Crippen LogP) is 1.30. The molecule has 0 saturated heterocycles. The lowest BCUT2D eigenvalue weighted by molar-refractivity contribution is 0.0464. The Hall–Kier alpha value is -0.520. The summed E-state index contributed by atoms with van der Waals surface area (Å²) < 4.78 is 5.57. The first kappa shape index (κ1) is 9.57. The van der Waals surface area contributed by atoms with Crippen LogP contribution in [0.15, 0.2) is 0 Å². The standard InChI is InChI=1S/C10H17NO/c11-8-9-12-10-6-4-2-1-3-5-7-10/h10H,2,4-9,11H2. The summed E-state index contributed by atoms with van der Waals surface area (Å²) in [5.74, 6) is 6.27. The van der Waals surface area contributed by atoms with Crippen molar-refractivity contribution >= 4 is 0 Å². The van der Waals surface area contributed by atoms with E-state index in [0.717, 1.165) is 25.7 Å². The second-order valence-electron chi connectivity index (χ2n) is 3.07. The predicted molar refractivity (Wildman–Crippen MR) is 49.7 cm³/mol. The summed E-state index contributed by atoms with van der Waals surface area (Å²) in [6.45, 7) is 1.32. The second-order valence-corrected chi connectivity index (χ2v) is 3.07. The Kier molecular flexibility index (Phi) is 4.82. The maximum absolute atomic E-state index is 5.57. The van der Waals surface area contributed by atoms with Crippen LogP contribution in [0.1, 0.15) is 32.1 Å². The summed E-state index contributed by atoms with van der Waals surface area (Å²) in [5, 5.41) is 0. The third-order valence-corrected chi connectivity index (χ3v) is 2.02. The Balaban J connectivity index is 2.20. The average Bonchev–Trinajstić information content (AvgIpc) is 2.02. The highest BCUT2D eigenvalue weighted by atomic mass is 16.5. The van der Waals surface area contributed by atoms with E-state index in [9.17, 15) is 0 Å². The minimum atomic E-state index is 0.406.